The predicted molar refractivity (Wildman–Crippen MR) is 85.2 cm³/mol. The molecule has 2 aromatic heterocycles. The van der Waals surface area contributed by atoms with Gasteiger partial charge in [-0.05, 0) is 25.7 Å². The molecule has 3 rings (SSSR count). The molecule has 0 N–H and O–H groups in total. The first-order chi connectivity index (χ1) is 11.0. The summed E-state index contributed by atoms with van der Waals surface area (Å²) in [6.45, 7) is 4.30. The highest BCUT2D eigenvalue weighted by molar-refractivity contribution is 7.13. The fraction of sp³-hybridized carbons (Fsp3) is 0.533. The lowest BCUT2D eigenvalue weighted by Gasteiger charge is -2.31. The van der Waals surface area contributed by atoms with E-state index in [9.17, 15) is 13.6 Å². The predicted octanol–water partition coefficient (Wildman–Crippen LogP) is 2.86. The lowest BCUT2D eigenvalue weighted by atomic mass is 9.97. The fourth-order valence-corrected chi connectivity index (χ4v) is 3.63. The standard InChI is InChI=1S/C15H18F2N4OS/c1-10-8-23-15(19-10)20-4-2-11(3-5-20)7-21-9-18-12(14(16)17)6-13(21)22/h6,8-9,11,14H,2-5,7H2,1H3. The van der Waals surface area contributed by atoms with Crippen LogP contribution in [0.1, 0.15) is 30.7 Å². The molecule has 0 aliphatic carbocycles. The number of alkyl halides is 2. The minimum absolute atomic E-state index is 0.351. The molecule has 0 saturated carbocycles. The molecule has 2 aromatic rings. The quantitative estimate of drug-likeness (QED) is 0.859. The first-order valence-electron chi connectivity index (χ1n) is 7.54. The highest BCUT2D eigenvalue weighted by Gasteiger charge is 2.22. The summed E-state index contributed by atoms with van der Waals surface area (Å²) in [5, 5.41) is 3.08. The maximum absolute atomic E-state index is 12.5. The van der Waals surface area contributed by atoms with Crippen LogP contribution >= 0.6 is 11.3 Å². The molecular formula is C15H18F2N4OS. The van der Waals surface area contributed by atoms with Crippen molar-refractivity contribution in [3.05, 3.63) is 39.5 Å². The van der Waals surface area contributed by atoms with E-state index in [1.165, 1.54) is 10.9 Å². The van der Waals surface area contributed by atoms with Crippen molar-refractivity contribution in [2.75, 3.05) is 18.0 Å². The van der Waals surface area contributed by atoms with Gasteiger partial charge in [0.1, 0.15) is 5.69 Å². The fourth-order valence-electron chi connectivity index (χ4n) is 2.77. The normalized spacial score (nSPS) is 16.3. The smallest absolute Gasteiger partial charge is 0.280 e. The zero-order valence-electron chi connectivity index (χ0n) is 12.8. The van der Waals surface area contributed by atoms with Gasteiger partial charge in [-0.2, -0.15) is 0 Å². The van der Waals surface area contributed by atoms with Crippen molar-refractivity contribution in [1.29, 1.82) is 0 Å². The Morgan fingerprint density at radius 1 is 1.39 bits per heavy atom. The van der Waals surface area contributed by atoms with Gasteiger partial charge in [0.15, 0.2) is 5.13 Å². The Hall–Kier alpha value is -1.83. The zero-order chi connectivity index (χ0) is 16.4. The SMILES string of the molecule is Cc1csc(N2CCC(Cn3cnc(C(F)F)cc3=O)CC2)n1. The number of anilines is 1. The molecule has 1 saturated heterocycles. The molecule has 0 amide bonds. The molecule has 0 unspecified atom stereocenters. The Bertz CT molecular complexity index is 722. The van der Waals surface area contributed by atoms with E-state index in [4.69, 9.17) is 0 Å². The van der Waals surface area contributed by atoms with E-state index >= 15 is 0 Å². The lowest BCUT2D eigenvalue weighted by molar-refractivity contribution is 0.145. The number of hydrogen-bond donors (Lipinski definition) is 0. The number of aryl methyl sites for hydroxylation is 1. The van der Waals surface area contributed by atoms with E-state index in [0.29, 0.717) is 12.5 Å². The zero-order valence-corrected chi connectivity index (χ0v) is 13.6. The second-order valence-electron chi connectivity index (χ2n) is 5.81. The van der Waals surface area contributed by atoms with Crippen LogP contribution in [0.3, 0.4) is 0 Å². The van der Waals surface area contributed by atoms with E-state index < -0.39 is 17.7 Å². The van der Waals surface area contributed by atoms with Crippen molar-refractivity contribution in [2.24, 2.45) is 5.92 Å². The number of nitrogens with zero attached hydrogens (tertiary/aromatic N) is 4. The topological polar surface area (TPSA) is 51.0 Å². The van der Waals surface area contributed by atoms with Crippen LogP contribution in [0, 0.1) is 12.8 Å². The molecule has 3 heterocycles. The van der Waals surface area contributed by atoms with Gasteiger partial charge in [-0.15, -0.1) is 11.3 Å². The van der Waals surface area contributed by atoms with Crippen molar-refractivity contribution < 1.29 is 8.78 Å². The summed E-state index contributed by atoms with van der Waals surface area (Å²) in [4.78, 5) is 22.3. The van der Waals surface area contributed by atoms with Crippen LogP contribution in [-0.4, -0.2) is 27.6 Å². The third kappa shape index (κ3) is 3.74. The number of piperidine rings is 1. The molecule has 0 bridgehead atoms. The number of aromatic nitrogens is 3. The second-order valence-corrected chi connectivity index (χ2v) is 6.64. The number of hydrogen-bond acceptors (Lipinski definition) is 5. The van der Waals surface area contributed by atoms with Gasteiger partial charge in [0.05, 0.1) is 12.0 Å². The van der Waals surface area contributed by atoms with Crippen LogP contribution in [0.5, 0.6) is 0 Å². The van der Waals surface area contributed by atoms with Crippen molar-refractivity contribution in [1.82, 2.24) is 14.5 Å². The molecule has 23 heavy (non-hydrogen) atoms. The van der Waals surface area contributed by atoms with Gasteiger partial charge >= 0.3 is 0 Å². The van der Waals surface area contributed by atoms with E-state index in [1.807, 2.05) is 12.3 Å². The van der Waals surface area contributed by atoms with Gasteiger partial charge in [-0.3, -0.25) is 9.36 Å². The van der Waals surface area contributed by atoms with Crippen molar-refractivity contribution >= 4 is 16.5 Å². The second kappa shape index (κ2) is 6.74. The van der Waals surface area contributed by atoms with Crippen molar-refractivity contribution in [2.45, 2.75) is 32.7 Å². The highest BCUT2D eigenvalue weighted by Crippen LogP contribution is 2.26. The van der Waals surface area contributed by atoms with Gasteiger partial charge in [0.25, 0.3) is 12.0 Å². The lowest BCUT2D eigenvalue weighted by Crippen LogP contribution is -2.36. The molecule has 0 spiro atoms. The summed E-state index contributed by atoms with van der Waals surface area (Å²) in [7, 11) is 0. The summed E-state index contributed by atoms with van der Waals surface area (Å²) in [5.74, 6) is 0.351. The van der Waals surface area contributed by atoms with Gasteiger partial charge in [0.2, 0.25) is 0 Å². The molecule has 1 aliphatic rings. The van der Waals surface area contributed by atoms with E-state index in [0.717, 1.165) is 42.8 Å². The van der Waals surface area contributed by atoms with Crippen LogP contribution < -0.4 is 10.5 Å². The van der Waals surface area contributed by atoms with Crippen LogP contribution in [0.25, 0.3) is 0 Å². The van der Waals surface area contributed by atoms with Crippen LogP contribution in [0.2, 0.25) is 0 Å². The maximum atomic E-state index is 12.5. The molecule has 0 atom stereocenters. The minimum atomic E-state index is -2.71. The van der Waals surface area contributed by atoms with Gasteiger partial charge in [0, 0.05) is 31.1 Å². The summed E-state index contributed by atoms with van der Waals surface area (Å²) in [5.41, 5.74) is 0.164. The van der Waals surface area contributed by atoms with E-state index in [1.54, 1.807) is 11.3 Å². The Balaban J connectivity index is 1.59. The third-order valence-electron chi connectivity index (χ3n) is 4.07. The maximum Gasteiger partial charge on any atom is 0.280 e. The van der Waals surface area contributed by atoms with Crippen LogP contribution in [0.15, 0.2) is 22.6 Å². The van der Waals surface area contributed by atoms with Gasteiger partial charge in [-0.1, -0.05) is 0 Å². The minimum Gasteiger partial charge on any atom is -0.348 e. The molecule has 1 fully saturated rings. The summed E-state index contributed by atoms with van der Waals surface area (Å²) in [6, 6.07) is 0.929. The average molecular weight is 340 g/mol. The largest absolute Gasteiger partial charge is 0.348 e. The molecular weight excluding hydrogens is 322 g/mol. The van der Waals surface area contributed by atoms with E-state index in [-0.39, 0.29) is 0 Å². The Kier molecular flexibility index (Phi) is 4.70. The van der Waals surface area contributed by atoms with Crippen LogP contribution in [-0.2, 0) is 6.54 Å². The summed E-state index contributed by atoms with van der Waals surface area (Å²) in [6.07, 6.45) is 0.423. The number of rotatable bonds is 4. The molecule has 5 nitrogen and oxygen atoms in total. The van der Waals surface area contributed by atoms with Crippen LogP contribution in [0.4, 0.5) is 13.9 Å². The molecule has 1 aliphatic heterocycles. The first-order valence-corrected chi connectivity index (χ1v) is 8.42. The third-order valence-corrected chi connectivity index (χ3v) is 5.09. The molecule has 0 aromatic carbocycles. The monoisotopic (exact) mass is 340 g/mol. The van der Waals surface area contributed by atoms with Gasteiger partial charge in [-0.25, -0.2) is 18.7 Å². The van der Waals surface area contributed by atoms with Crippen molar-refractivity contribution in [3.8, 4) is 0 Å². The summed E-state index contributed by atoms with van der Waals surface area (Å²) < 4.78 is 26.5. The average Bonchev–Trinajstić information content (AvgIpc) is 2.96. The Labute approximate surface area is 136 Å². The Morgan fingerprint density at radius 3 is 2.70 bits per heavy atom. The number of thiazole rings is 1. The Morgan fingerprint density at radius 2 is 2.13 bits per heavy atom. The molecule has 8 heteroatoms. The van der Waals surface area contributed by atoms with Gasteiger partial charge < -0.3 is 4.90 Å². The molecule has 124 valence electrons. The molecule has 0 radical (unpaired) electrons. The van der Waals surface area contributed by atoms with Crippen molar-refractivity contribution in [3.63, 3.8) is 0 Å². The van der Waals surface area contributed by atoms with E-state index in [2.05, 4.69) is 14.9 Å². The summed E-state index contributed by atoms with van der Waals surface area (Å²) >= 11 is 1.65. The number of halogens is 2. The first kappa shape index (κ1) is 16.0. The highest BCUT2D eigenvalue weighted by atomic mass is 32.1.